The van der Waals surface area contributed by atoms with E-state index in [0.717, 1.165) is 30.6 Å². The van der Waals surface area contributed by atoms with Gasteiger partial charge in [0.2, 0.25) is 0 Å². The van der Waals surface area contributed by atoms with Gasteiger partial charge < -0.3 is 14.4 Å². The van der Waals surface area contributed by atoms with E-state index in [1.54, 1.807) is 42.8 Å². The van der Waals surface area contributed by atoms with E-state index < -0.39 is 12.1 Å². The summed E-state index contributed by atoms with van der Waals surface area (Å²) in [6.45, 7) is 1.63. The number of carbonyl (C=O) groups is 2. The van der Waals surface area contributed by atoms with Crippen molar-refractivity contribution in [1.82, 2.24) is 4.90 Å². The summed E-state index contributed by atoms with van der Waals surface area (Å²) in [7, 11) is 3.32. The molecule has 1 amide bonds. The Morgan fingerprint density at radius 2 is 1.92 bits per heavy atom. The van der Waals surface area contributed by atoms with Gasteiger partial charge in [0, 0.05) is 18.0 Å². The number of hydrogen-bond donors (Lipinski definition) is 0. The fraction of sp³-hybridized carbons (Fsp3) is 0.579. The summed E-state index contributed by atoms with van der Waals surface area (Å²) in [5.41, 5.74) is 0.334. The predicted molar refractivity (Wildman–Crippen MR) is 99.3 cm³/mol. The van der Waals surface area contributed by atoms with Crippen molar-refractivity contribution in [3.8, 4) is 5.75 Å². The van der Waals surface area contributed by atoms with Crippen molar-refractivity contribution in [1.29, 1.82) is 0 Å². The molecule has 0 N–H and O–H groups in total. The molecular formula is C19H27NO4S. The first-order valence-corrected chi connectivity index (χ1v) is 9.90. The van der Waals surface area contributed by atoms with Crippen LogP contribution in [-0.2, 0) is 9.53 Å². The maximum Gasteiger partial charge on any atom is 0.342 e. The molecule has 6 heteroatoms. The first-order chi connectivity index (χ1) is 12.0. The number of rotatable bonds is 6. The number of nitrogens with zero attached hydrogens (tertiary/aromatic N) is 1. The number of benzene rings is 1. The molecular weight excluding hydrogens is 338 g/mol. The van der Waals surface area contributed by atoms with Gasteiger partial charge in [0.05, 0.1) is 7.11 Å². The van der Waals surface area contributed by atoms with Gasteiger partial charge in [-0.1, -0.05) is 19.3 Å². The first kappa shape index (κ1) is 19.6. The normalized spacial score (nSPS) is 16.2. The minimum atomic E-state index is -0.815. The molecule has 25 heavy (non-hydrogen) atoms. The molecule has 1 aliphatic rings. The Labute approximate surface area is 154 Å². The molecule has 0 radical (unpaired) electrons. The molecule has 1 aromatic carbocycles. The number of amides is 1. The molecule has 0 unspecified atom stereocenters. The Hall–Kier alpha value is -1.69. The lowest BCUT2D eigenvalue weighted by molar-refractivity contribution is -0.141. The Bertz CT molecular complexity index is 613. The highest BCUT2D eigenvalue weighted by Crippen LogP contribution is 2.27. The van der Waals surface area contributed by atoms with Crippen LogP contribution in [-0.4, -0.2) is 49.3 Å². The second-order valence-electron chi connectivity index (χ2n) is 6.35. The number of ether oxygens (including phenoxy) is 2. The number of methoxy groups -OCH3 is 1. The van der Waals surface area contributed by atoms with Crippen LogP contribution in [0.2, 0.25) is 0 Å². The van der Waals surface area contributed by atoms with Crippen LogP contribution in [0.4, 0.5) is 0 Å². The molecule has 1 aromatic rings. The number of carbonyl (C=O) groups excluding carboxylic acids is 2. The quantitative estimate of drug-likeness (QED) is 0.568. The number of thioether (sulfide) groups is 1. The van der Waals surface area contributed by atoms with Crippen LogP contribution in [0.15, 0.2) is 23.1 Å². The summed E-state index contributed by atoms with van der Waals surface area (Å²) < 4.78 is 10.7. The summed E-state index contributed by atoms with van der Waals surface area (Å²) in [4.78, 5) is 27.8. The second kappa shape index (κ2) is 9.13. The van der Waals surface area contributed by atoms with Gasteiger partial charge in [0.25, 0.3) is 5.91 Å². The summed E-state index contributed by atoms with van der Waals surface area (Å²) in [6.07, 6.45) is 6.71. The smallest absolute Gasteiger partial charge is 0.342 e. The SMILES string of the molecule is COc1cc(SC)ccc1C(=O)O[C@@H](C)C(=O)N(C)C1CCCCC1. The van der Waals surface area contributed by atoms with E-state index in [1.807, 2.05) is 12.3 Å². The number of esters is 1. The third-order valence-electron chi connectivity index (χ3n) is 4.73. The maximum absolute atomic E-state index is 12.6. The van der Waals surface area contributed by atoms with E-state index in [-0.39, 0.29) is 11.9 Å². The van der Waals surface area contributed by atoms with Gasteiger partial charge >= 0.3 is 5.97 Å². The van der Waals surface area contributed by atoms with Crippen molar-refractivity contribution in [3.63, 3.8) is 0 Å². The van der Waals surface area contributed by atoms with Gasteiger partial charge in [0.15, 0.2) is 6.10 Å². The summed E-state index contributed by atoms with van der Waals surface area (Å²) in [5, 5.41) is 0. The predicted octanol–water partition coefficient (Wildman–Crippen LogP) is 3.75. The molecule has 0 aliphatic heterocycles. The topological polar surface area (TPSA) is 55.8 Å². The molecule has 138 valence electrons. The van der Waals surface area contributed by atoms with Gasteiger partial charge in [-0.25, -0.2) is 4.79 Å². The Morgan fingerprint density at radius 3 is 2.52 bits per heavy atom. The summed E-state index contributed by atoms with van der Waals surface area (Å²) in [5.74, 6) is -0.237. The molecule has 0 bridgehead atoms. The maximum atomic E-state index is 12.6. The monoisotopic (exact) mass is 365 g/mol. The Kier molecular flexibility index (Phi) is 7.17. The highest BCUT2D eigenvalue weighted by Gasteiger charge is 2.28. The highest BCUT2D eigenvalue weighted by molar-refractivity contribution is 7.98. The lowest BCUT2D eigenvalue weighted by Gasteiger charge is -2.32. The van der Waals surface area contributed by atoms with Crippen LogP contribution in [0.3, 0.4) is 0 Å². The zero-order valence-electron chi connectivity index (χ0n) is 15.4. The van der Waals surface area contributed by atoms with Crippen LogP contribution in [0.25, 0.3) is 0 Å². The van der Waals surface area contributed by atoms with Crippen LogP contribution in [0, 0.1) is 0 Å². The number of likely N-dealkylation sites (N-methyl/N-ethyl adjacent to an activating group) is 1. The van der Waals surface area contributed by atoms with E-state index >= 15 is 0 Å². The third kappa shape index (κ3) is 4.91. The van der Waals surface area contributed by atoms with Crippen LogP contribution < -0.4 is 4.74 Å². The van der Waals surface area contributed by atoms with Crippen LogP contribution in [0.1, 0.15) is 49.4 Å². The lowest BCUT2D eigenvalue weighted by atomic mass is 9.94. The fourth-order valence-electron chi connectivity index (χ4n) is 3.18. The van der Waals surface area contributed by atoms with Crippen molar-refractivity contribution in [2.24, 2.45) is 0 Å². The molecule has 1 atom stereocenters. The van der Waals surface area contributed by atoms with Crippen molar-refractivity contribution in [2.75, 3.05) is 20.4 Å². The van der Waals surface area contributed by atoms with Gasteiger partial charge in [-0.15, -0.1) is 11.8 Å². The highest BCUT2D eigenvalue weighted by atomic mass is 32.2. The van der Waals surface area contributed by atoms with Gasteiger partial charge in [0.1, 0.15) is 11.3 Å². The van der Waals surface area contributed by atoms with E-state index in [9.17, 15) is 9.59 Å². The average molecular weight is 365 g/mol. The van der Waals surface area contributed by atoms with Gasteiger partial charge in [-0.2, -0.15) is 0 Å². The Morgan fingerprint density at radius 1 is 1.24 bits per heavy atom. The standard InChI is InChI=1S/C19H27NO4S/c1-13(18(21)20(2)14-8-6-5-7-9-14)24-19(22)16-11-10-15(25-4)12-17(16)23-3/h10-14H,5-9H2,1-4H3/t13-/m0/s1. The minimum absolute atomic E-state index is 0.153. The van der Waals surface area contributed by atoms with E-state index in [0.29, 0.717) is 11.3 Å². The van der Waals surface area contributed by atoms with Crippen molar-refractivity contribution in [2.45, 2.75) is 56.1 Å². The van der Waals surface area contributed by atoms with Gasteiger partial charge in [-0.3, -0.25) is 4.79 Å². The van der Waals surface area contributed by atoms with Crippen molar-refractivity contribution in [3.05, 3.63) is 23.8 Å². The molecule has 0 saturated heterocycles. The lowest BCUT2D eigenvalue weighted by Crippen LogP contribution is -2.44. The van der Waals surface area contributed by atoms with E-state index in [4.69, 9.17) is 9.47 Å². The zero-order valence-corrected chi connectivity index (χ0v) is 16.2. The van der Waals surface area contributed by atoms with Crippen molar-refractivity contribution < 1.29 is 19.1 Å². The molecule has 2 rings (SSSR count). The van der Waals surface area contributed by atoms with E-state index in [1.165, 1.54) is 13.5 Å². The number of hydrogen-bond acceptors (Lipinski definition) is 5. The molecule has 5 nitrogen and oxygen atoms in total. The second-order valence-corrected chi connectivity index (χ2v) is 7.23. The fourth-order valence-corrected chi connectivity index (χ4v) is 3.61. The average Bonchev–Trinajstić information content (AvgIpc) is 2.66. The van der Waals surface area contributed by atoms with Crippen molar-refractivity contribution >= 4 is 23.6 Å². The molecule has 1 fully saturated rings. The zero-order chi connectivity index (χ0) is 18.4. The Balaban J connectivity index is 2.02. The first-order valence-electron chi connectivity index (χ1n) is 8.67. The van der Waals surface area contributed by atoms with Gasteiger partial charge in [-0.05, 0) is 44.2 Å². The third-order valence-corrected chi connectivity index (χ3v) is 5.46. The molecule has 0 aromatic heterocycles. The minimum Gasteiger partial charge on any atom is -0.496 e. The van der Waals surface area contributed by atoms with Crippen LogP contribution >= 0.6 is 11.8 Å². The van der Waals surface area contributed by atoms with E-state index in [2.05, 4.69) is 0 Å². The van der Waals surface area contributed by atoms with Crippen LogP contribution in [0.5, 0.6) is 5.75 Å². The summed E-state index contributed by atoms with van der Waals surface area (Å²) in [6, 6.07) is 5.55. The largest absolute Gasteiger partial charge is 0.496 e. The molecule has 1 aliphatic carbocycles. The molecule has 0 spiro atoms. The molecule has 1 saturated carbocycles. The molecule has 0 heterocycles. The summed E-state index contributed by atoms with van der Waals surface area (Å²) >= 11 is 1.56.